The van der Waals surface area contributed by atoms with Crippen LogP contribution in [-0.2, 0) is 18.2 Å². The molecule has 0 aromatic carbocycles. The third-order valence-corrected chi connectivity index (χ3v) is 2.55. The van der Waals surface area contributed by atoms with Gasteiger partial charge in [-0.1, -0.05) is 20.3 Å². The summed E-state index contributed by atoms with van der Waals surface area (Å²) in [5, 5.41) is 4.28. The normalized spacial score (nSPS) is 10.8. The van der Waals surface area contributed by atoms with E-state index < -0.39 is 0 Å². The first-order chi connectivity index (χ1) is 8.20. The second-order valence-corrected chi connectivity index (χ2v) is 3.96. The molecule has 0 atom stereocenters. The van der Waals surface area contributed by atoms with Crippen molar-refractivity contribution in [3.63, 3.8) is 0 Å². The third-order valence-electron chi connectivity index (χ3n) is 2.55. The van der Waals surface area contributed by atoms with Gasteiger partial charge in [-0.15, -0.1) is 0 Å². The fraction of sp³-hybridized carbons (Fsp3) is 0.750. The number of nitrogens with two attached hydrogens (primary N) is 1. The minimum Gasteiger partial charge on any atom is -0.474 e. The van der Waals surface area contributed by atoms with Crippen molar-refractivity contribution in [2.24, 2.45) is 7.05 Å². The number of nitrogen functional groups attached to an aromatic ring is 1. The zero-order valence-corrected chi connectivity index (χ0v) is 11.0. The number of anilines is 1. The summed E-state index contributed by atoms with van der Waals surface area (Å²) in [6, 6.07) is 0. The second kappa shape index (κ2) is 7.17. The fourth-order valence-corrected chi connectivity index (χ4v) is 1.56. The number of hydrogen-bond acceptors (Lipinski definition) is 4. The molecule has 0 amide bonds. The van der Waals surface area contributed by atoms with Crippen LogP contribution in [0.4, 0.5) is 5.69 Å². The van der Waals surface area contributed by atoms with Crippen molar-refractivity contribution in [1.29, 1.82) is 0 Å². The summed E-state index contributed by atoms with van der Waals surface area (Å²) in [6.07, 6.45) is 3.05. The van der Waals surface area contributed by atoms with Gasteiger partial charge in [-0.25, -0.2) is 4.68 Å². The van der Waals surface area contributed by atoms with Crippen LogP contribution in [0.2, 0.25) is 0 Å². The molecular formula is C12H23N3O2. The van der Waals surface area contributed by atoms with Gasteiger partial charge in [-0.05, 0) is 12.8 Å². The number of hydrogen-bond donors (Lipinski definition) is 1. The topological polar surface area (TPSA) is 62.3 Å². The SMILES string of the molecule is CCCCOCCOc1c(N)c(CC)nn1C. The van der Waals surface area contributed by atoms with E-state index in [1.165, 1.54) is 0 Å². The number of aromatic nitrogens is 2. The van der Waals surface area contributed by atoms with E-state index in [0.29, 0.717) is 24.8 Å². The van der Waals surface area contributed by atoms with Crippen LogP contribution in [0, 0.1) is 0 Å². The molecule has 5 heteroatoms. The van der Waals surface area contributed by atoms with E-state index in [2.05, 4.69) is 12.0 Å². The molecule has 0 fully saturated rings. The number of nitrogens with zero attached hydrogens (tertiary/aromatic N) is 2. The maximum atomic E-state index is 5.93. The highest BCUT2D eigenvalue weighted by Crippen LogP contribution is 2.24. The summed E-state index contributed by atoms with van der Waals surface area (Å²) < 4.78 is 12.7. The minimum atomic E-state index is 0.511. The van der Waals surface area contributed by atoms with E-state index >= 15 is 0 Å². The van der Waals surface area contributed by atoms with Gasteiger partial charge in [0.05, 0.1) is 12.3 Å². The highest BCUT2D eigenvalue weighted by atomic mass is 16.5. The summed E-state index contributed by atoms with van der Waals surface area (Å²) in [5.41, 5.74) is 7.45. The van der Waals surface area contributed by atoms with Crippen LogP contribution in [0.5, 0.6) is 5.88 Å². The van der Waals surface area contributed by atoms with Gasteiger partial charge in [0.25, 0.3) is 0 Å². The molecule has 1 rings (SSSR count). The molecule has 0 saturated heterocycles. The van der Waals surface area contributed by atoms with Crippen LogP contribution in [0.1, 0.15) is 32.4 Å². The lowest BCUT2D eigenvalue weighted by Crippen LogP contribution is -2.10. The summed E-state index contributed by atoms with van der Waals surface area (Å²) in [6.45, 7) is 6.06. The van der Waals surface area contributed by atoms with E-state index in [-0.39, 0.29) is 0 Å². The Balaban J connectivity index is 2.34. The first kappa shape index (κ1) is 13.8. The lowest BCUT2D eigenvalue weighted by molar-refractivity contribution is 0.0953. The number of rotatable bonds is 8. The molecule has 0 radical (unpaired) electrons. The maximum Gasteiger partial charge on any atom is 0.235 e. The van der Waals surface area contributed by atoms with E-state index in [4.69, 9.17) is 15.2 Å². The Labute approximate surface area is 103 Å². The molecule has 0 bridgehead atoms. The van der Waals surface area contributed by atoms with Crippen LogP contribution in [0.3, 0.4) is 0 Å². The van der Waals surface area contributed by atoms with E-state index in [1.807, 2.05) is 14.0 Å². The van der Waals surface area contributed by atoms with Crippen molar-refractivity contribution in [1.82, 2.24) is 9.78 Å². The smallest absolute Gasteiger partial charge is 0.235 e. The highest BCUT2D eigenvalue weighted by molar-refractivity contribution is 5.53. The summed E-state index contributed by atoms with van der Waals surface area (Å²) in [4.78, 5) is 0. The monoisotopic (exact) mass is 241 g/mol. The van der Waals surface area contributed by atoms with Crippen molar-refractivity contribution >= 4 is 5.69 Å². The average molecular weight is 241 g/mol. The van der Waals surface area contributed by atoms with Crippen molar-refractivity contribution < 1.29 is 9.47 Å². The zero-order chi connectivity index (χ0) is 12.7. The first-order valence-electron chi connectivity index (χ1n) is 6.22. The number of unbranched alkanes of at least 4 members (excludes halogenated alkanes) is 1. The Morgan fingerprint density at radius 1 is 1.24 bits per heavy atom. The first-order valence-corrected chi connectivity index (χ1v) is 6.22. The van der Waals surface area contributed by atoms with Gasteiger partial charge in [0, 0.05) is 13.7 Å². The van der Waals surface area contributed by atoms with Gasteiger partial charge in [-0.2, -0.15) is 5.10 Å². The van der Waals surface area contributed by atoms with E-state index in [0.717, 1.165) is 31.6 Å². The summed E-state index contributed by atoms with van der Waals surface area (Å²) >= 11 is 0. The van der Waals surface area contributed by atoms with Crippen LogP contribution < -0.4 is 10.5 Å². The molecular weight excluding hydrogens is 218 g/mol. The number of ether oxygens (including phenoxy) is 2. The molecule has 2 N–H and O–H groups in total. The Hall–Kier alpha value is -1.23. The van der Waals surface area contributed by atoms with Gasteiger partial charge in [0.2, 0.25) is 5.88 Å². The van der Waals surface area contributed by atoms with E-state index in [1.54, 1.807) is 4.68 Å². The molecule has 0 unspecified atom stereocenters. The molecule has 0 aliphatic rings. The quantitative estimate of drug-likeness (QED) is 0.704. The Bertz CT molecular complexity index is 337. The van der Waals surface area contributed by atoms with Gasteiger partial charge in [-0.3, -0.25) is 0 Å². The third kappa shape index (κ3) is 3.93. The zero-order valence-electron chi connectivity index (χ0n) is 11.0. The molecule has 17 heavy (non-hydrogen) atoms. The lowest BCUT2D eigenvalue weighted by Gasteiger charge is -2.07. The molecule has 0 spiro atoms. The van der Waals surface area contributed by atoms with Crippen molar-refractivity contribution in [3.05, 3.63) is 5.69 Å². The van der Waals surface area contributed by atoms with Gasteiger partial charge in [0.15, 0.2) is 0 Å². The van der Waals surface area contributed by atoms with Gasteiger partial charge >= 0.3 is 0 Å². The predicted molar refractivity (Wildman–Crippen MR) is 68.2 cm³/mol. The molecule has 0 saturated carbocycles. The lowest BCUT2D eigenvalue weighted by atomic mass is 10.3. The highest BCUT2D eigenvalue weighted by Gasteiger charge is 2.12. The number of aryl methyl sites for hydroxylation is 2. The van der Waals surface area contributed by atoms with Crippen LogP contribution in [0.25, 0.3) is 0 Å². The van der Waals surface area contributed by atoms with Crippen LogP contribution in [0.15, 0.2) is 0 Å². The predicted octanol–water partition coefficient (Wildman–Crippen LogP) is 1.76. The second-order valence-electron chi connectivity index (χ2n) is 3.96. The van der Waals surface area contributed by atoms with Crippen molar-refractivity contribution in [2.75, 3.05) is 25.6 Å². The molecule has 5 nitrogen and oxygen atoms in total. The summed E-state index contributed by atoms with van der Waals surface area (Å²) in [5.74, 6) is 0.640. The molecule has 1 heterocycles. The average Bonchev–Trinajstić information content (AvgIpc) is 2.60. The Kier molecular flexibility index (Phi) is 5.83. The minimum absolute atomic E-state index is 0.511. The van der Waals surface area contributed by atoms with Crippen molar-refractivity contribution in [3.8, 4) is 5.88 Å². The van der Waals surface area contributed by atoms with Gasteiger partial charge in [0.1, 0.15) is 12.3 Å². The molecule has 98 valence electrons. The van der Waals surface area contributed by atoms with Gasteiger partial charge < -0.3 is 15.2 Å². The molecule has 0 aliphatic carbocycles. The Morgan fingerprint density at radius 3 is 2.59 bits per heavy atom. The van der Waals surface area contributed by atoms with Crippen molar-refractivity contribution in [2.45, 2.75) is 33.1 Å². The largest absolute Gasteiger partial charge is 0.474 e. The maximum absolute atomic E-state index is 5.93. The Morgan fingerprint density at radius 2 is 2.00 bits per heavy atom. The summed E-state index contributed by atoms with van der Waals surface area (Å²) in [7, 11) is 1.84. The van der Waals surface area contributed by atoms with Crippen LogP contribution in [-0.4, -0.2) is 29.6 Å². The molecule has 1 aromatic heterocycles. The van der Waals surface area contributed by atoms with E-state index in [9.17, 15) is 0 Å². The van der Waals surface area contributed by atoms with Crippen LogP contribution >= 0.6 is 0 Å². The fourth-order valence-electron chi connectivity index (χ4n) is 1.56. The standard InChI is InChI=1S/C12H23N3O2/c1-4-6-7-16-8-9-17-12-11(13)10(5-2)14-15(12)3/h4-9,13H2,1-3H3. The molecule has 1 aromatic rings. The molecule has 0 aliphatic heterocycles.